The fourth-order valence-electron chi connectivity index (χ4n) is 4.17. The Balaban J connectivity index is 1.38. The van der Waals surface area contributed by atoms with Crippen LogP contribution in [-0.4, -0.2) is 59.4 Å². The number of nitrogens with zero attached hydrogens (tertiary/aromatic N) is 2. The Morgan fingerprint density at radius 3 is 2.96 bits per heavy atom. The molecular weight excluding hydrogens is 356 g/mol. The van der Waals surface area contributed by atoms with E-state index < -0.39 is 0 Å². The Kier molecular flexibility index (Phi) is 5.82. The lowest BCUT2D eigenvalue weighted by Crippen LogP contribution is -2.35. The number of pyridine rings is 1. The lowest BCUT2D eigenvalue weighted by molar-refractivity contribution is 0.0337. The monoisotopic (exact) mass is 386 g/mol. The normalized spacial score (nSPS) is 23.4. The smallest absolute Gasteiger partial charge is 0.407 e. The van der Waals surface area contributed by atoms with Crippen LogP contribution in [0.5, 0.6) is 0 Å². The summed E-state index contributed by atoms with van der Waals surface area (Å²) in [5.74, 6) is 0.395. The Hall–Kier alpha value is -2.12. The van der Waals surface area contributed by atoms with Gasteiger partial charge in [0.15, 0.2) is 0 Å². The molecule has 0 aromatic carbocycles. The van der Waals surface area contributed by atoms with Gasteiger partial charge in [0.05, 0.1) is 13.2 Å². The first-order valence-electron chi connectivity index (χ1n) is 10.3. The van der Waals surface area contributed by atoms with Gasteiger partial charge in [0.1, 0.15) is 11.8 Å². The van der Waals surface area contributed by atoms with Crippen molar-refractivity contribution in [3.8, 4) is 0 Å². The number of ether oxygens (including phenoxy) is 2. The van der Waals surface area contributed by atoms with Gasteiger partial charge in [-0.25, -0.2) is 9.78 Å². The van der Waals surface area contributed by atoms with Crippen LogP contribution in [0, 0.1) is 0 Å². The third kappa shape index (κ3) is 4.64. The van der Waals surface area contributed by atoms with Crippen molar-refractivity contribution in [1.29, 1.82) is 0 Å². The molecule has 2 fully saturated rings. The van der Waals surface area contributed by atoms with Gasteiger partial charge in [-0.15, -0.1) is 0 Å². The number of hydrogen-bond acceptors (Lipinski definition) is 5. The van der Waals surface area contributed by atoms with E-state index in [0.29, 0.717) is 5.92 Å². The molecule has 2 aliphatic rings. The molecule has 0 bridgehead atoms. The van der Waals surface area contributed by atoms with Crippen molar-refractivity contribution in [3.05, 3.63) is 29.6 Å². The summed E-state index contributed by atoms with van der Waals surface area (Å²) in [5.41, 5.74) is 3.37. The average molecular weight is 386 g/mol. The third-order valence-electron chi connectivity index (χ3n) is 5.58. The SMILES string of the molecule is CC(C)NC(=O)OC1CCC(c2cnc3[nH]c(CN4CCOCC4)cc3c2)C1. The number of H-pyrrole nitrogens is 1. The van der Waals surface area contributed by atoms with E-state index in [9.17, 15) is 4.79 Å². The predicted octanol–water partition coefficient (Wildman–Crippen LogP) is 3.17. The molecule has 152 valence electrons. The summed E-state index contributed by atoms with van der Waals surface area (Å²) in [6.45, 7) is 8.34. The van der Waals surface area contributed by atoms with Crippen molar-refractivity contribution in [3.63, 3.8) is 0 Å². The molecule has 1 saturated carbocycles. The minimum absolute atomic E-state index is 0.0115. The van der Waals surface area contributed by atoms with Crippen LogP contribution >= 0.6 is 0 Å². The minimum atomic E-state index is -0.312. The molecule has 1 aliphatic carbocycles. The molecule has 0 spiro atoms. The largest absolute Gasteiger partial charge is 0.446 e. The highest BCUT2D eigenvalue weighted by molar-refractivity contribution is 5.77. The summed E-state index contributed by atoms with van der Waals surface area (Å²) in [4.78, 5) is 22.3. The van der Waals surface area contributed by atoms with E-state index in [1.54, 1.807) is 0 Å². The van der Waals surface area contributed by atoms with Crippen LogP contribution < -0.4 is 5.32 Å². The maximum atomic E-state index is 11.8. The van der Waals surface area contributed by atoms with Gasteiger partial charge < -0.3 is 19.8 Å². The number of nitrogens with one attached hydrogen (secondary N) is 2. The summed E-state index contributed by atoms with van der Waals surface area (Å²) in [5, 5.41) is 3.95. The van der Waals surface area contributed by atoms with Crippen LogP contribution in [0.3, 0.4) is 0 Å². The molecule has 28 heavy (non-hydrogen) atoms. The first kappa shape index (κ1) is 19.2. The van der Waals surface area contributed by atoms with Gasteiger partial charge in [-0.05, 0) is 56.7 Å². The van der Waals surface area contributed by atoms with Crippen molar-refractivity contribution in [2.24, 2.45) is 0 Å². The van der Waals surface area contributed by atoms with Crippen LogP contribution in [0.1, 0.15) is 50.3 Å². The number of carbonyl (C=O) groups excluding carboxylic acids is 1. The van der Waals surface area contributed by atoms with Crippen LogP contribution in [0.15, 0.2) is 18.3 Å². The van der Waals surface area contributed by atoms with Gasteiger partial charge >= 0.3 is 6.09 Å². The Bertz CT molecular complexity index is 813. The topological polar surface area (TPSA) is 79.5 Å². The zero-order valence-corrected chi connectivity index (χ0v) is 16.7. The Labute approximate surface area is 165 Å². The molecule has 1 aliphatic heterocycles. The van der Waals surface area contributed by atoms with Gasteiger partial charge in [0, 0.05) is 43.0 Å². The van der Waals surface area contributed by atoms with Crippen molar-refractivity contribution >= 4 is 17.1 Å². The molecule has 7 heteroatoms. The predicted molar refractivity (Wildman–Crippen MR) is 107 cm³/mol. The quantitative estimate of drug-likeness (QED) is 0.825. The highest BCUT2D eigenvalue weighted by Crippen LogP contribution is 2.36. The second-order valence-corrected chi connectivity index (χ2v) is 8.23. The maximum Gasteiger partial charge on any atom is 0.407 e. The standard InChI is InChI=1S/C21H30N4O3/c1-14(2)23-21(26)28-19-4-3-15(11-19)17-9-16-10-18(24-20(16)22-12-17)13-25-5-7-27-8-6-25/h9-10,12,14-15,19H,3-8,11,13H2,1-2H3,(H,22,24)(H,23,26). The van der Waals surface area contributed by atoms with Crippen molar-refractivity contribution in [1.82, 2.24) is 20.2 Å². The third-order valence-corrected chi connectivity index (χ3v) is 5.58. The van der Waals surface area contributed by atoms with Crippen LogP contribution in [0.2, 0.25) is 0 Å². The minimum Gasteiger partial charge on any atom is -0.446 e. The van der Waals surface area contributed by atoms with E-state index in [4.69, 9.17) is 9.47 Å². The molecule has 3 heterocycles. The molecular formula is C21H30N4O3. The van der Waals surface area contributed by atoms with E-state index in [1.807, 2.05) is 20.0 Å². The zero-order chi connectivity index (χ0) is 19.5. The second-order valence-electron chi connectivity index (χ2n) is 8.23. The number of aromatic amines is 1. The second kappa shape index (κ2) is 8.49. The molecule has 4 rings (SSSR count). The van der Waals surface area contributed by atoms with E-state index in [0.717, 1.165) is 63.1 Å². The number of amides is 1. The fourth-order valence-corrected chi connectivity index (χ4v) is 4.17. The number of rotatable bonds is 5. The lowest BCUT2D eigenvalue weighted by atomic mass is 9.99. The Morgan fingerprint density at radius 2 is 2.18 bits per heavy atom. The average Bonchev–Trinajstić information content (AvgIpc) is 3.27. The van der Waals surface area contributed by atoms with Gasteiger partial charge in [-0.1, -0.05) is 0 Å². The van der Waals surface area contributed by atoms with Crippen molar-refractivity contribution in [2.45, 2.75) is 57.7 Å². The van der Waals surface area contributed by atoms with Crippen LogP contribution in [0.25, 0.3) is 11.0 Å². The molecule has 2 unspecified atom stereocenters. The maximum absolute atomic E-state index is 11.8. The van der Waals surface area contributed by atoms with Gasteiger partial charge in [0.2, 0.25) is 0 Å². The summed E-state index contributed by atoms with van der Waals surface area (Å²) >= 11 is 0. The number of fused-ring (bicyclic) bond motifs is 1. The van der Waals surface area contributed by atoms with E-state index >= 15 is 0 Å². The Morgan fingerprint density at radius 1 is 1.36 bits per heavy atom. The summed E-state index contributed by atoms with van der Waals surface area (Å²) in [7, 11) is 0. The van der Waals surface area contributed by atoms with E-state index in [2.05, 4.69) is 32.3 Å². The van der Waals surface area contributed by atoms with Gasteiger partial charge in [-0.3, -0.25) is 4.90 Å². The highest BCUT2D eigenvalue weighted by Gasteiger charge is 2.29. The van der Waals surface area contributed by atoms with Crippen molar-refractivity contribution < 1.29 is 14.3 Å². The van der Waals surface area contributed by atoms with Crippen LogP contribution in [0.4, 0.5) is 4.79 Å². The molecule has 2 N–H and O–H groups in total. The summed E-state index contributed by atoms with van der Waals surface area (Å²) < 4.78 is 11.0. The molecule has 2 atom stereocenters. The molecule has 1 amide bonds. The molecule has 7 nitrogen and oxygen atoms in total. The van der Waals surface area contributed by atoms with E-state index in [1.165, 1.54) is 11.3 Å². The number of alkyl carbamates (subject to hydrolysis) is 1. The first-order valence-corrected chi connectivity index (χ1v) is 10.3. The van der Waals surface area contributed by atoms with Crippen molar-refractivity contribution in [2.75, 3.05) is 26.3 Å². The highest BCUT2D eigenvalue weighted by atomic mass is 16.6. The molecule has 1 saturated heterocycles. The molecule has 2 aromatic heterocycles. The number of carbonyl (C=O) groups is 1. The van der Waals surface area contributed by atoms with Gasteiger partial charge in [0.25, 0.3) is 0 Å². The fraction of sp³-hybridized carbons (Fsp3) is 0.619. The molecule has 2 aromatic rings. The lowest BCUT2D eigenvalue weighted by Gasteiger charge is -2.25. The number of hydrogen-bond donors (Lipinski definition) is 2. The first-order chi connectivity index (χ1) is 13.6. The van der Waals surface area contributed by atoms with E-state index in [-0.39, 0.29) is 18.2 Å². The molecule has 0 radical (unpaired) electrons. The summed E-state index contributed by atoms with van der Waals surface area (Å²) in [6, 6.07) is 4.54. The summed E-state index contributed by atoms with van der Waals surface area (Å²) in [6.07, 6.45) is 4.44. The number of aromatic nitrogens is 2. The zero-order valence-electron chi connectivity index (χ0n) is 16.7. The van der Waals surface area contributed by atoms with Crippen LogP contribution in [-0.2, 0) is 16.0 Å². The van der Waals surface area contributed by atoms with Gasteiger partial charge in [-0.2, -0.15) is 0 Å². The number of morpholine rings is 1.